The fraction of sp³-hybridized carbons (Fsp3) is 0.0625. The Kier molecular flexibility index (Phi) is 5.80. The predicted molar refractivity (Wildman–Crippen MR) is 104 cm³/mol. The lowest BCUT2D eigenvalue weighted by Crippen LogP contribution is -2.13. The molecule has 128 valence electrons. The first-order valence-corrected chi connectivity index (χ1v) is 8.99. The van der Waals surface area contributed by atoms with Gasteiger partial charge in [0.25, 0.3) is 5.95 Å². The molecule has 3 rings (SSSR count). The van der Waals surface area contributed by atoms with Gasteiger partial charge in [-0.2, -0.15) is 5.10 Å². The van der Waals surface area contributed by atoms with E-state index in [0.29, 0.717) is 26.9 Å². The van der Waals surface area contributed by atoms with Crippen molar-refractivity contribution in [1.82, 2.24) is 14.9 Å². The topological polar surface area (TPSA) is 81.1 Å². The summed E-state index contributed by atoms with van der Waals surface area (Å²) in [7, 11) is 0. The third-order valence-electron chi connectivity index (χ3n) is 3.22. The zero-order valence-corrected chi connectivity index (χ0v) is 15.3. The number of nitrogens with two attached hydrogens (primary N) is 1. The summed E-state index contributed by atoms with van der Waals surface area (Å²) in [5, 5.41) is 14.0. The minimum Gasteiger partial charge on any atom is -0.334 e. The van der Waals surface area contributed by atoms with Gasteiger partial charge in [-0.25, -0.2) is 10.1 Å². The Hall–Kier alpha value is -2.22. The lowest BCUT2D eigenvalue weighted by molar-refractivity contribution is 0.847. The molecule has 0 saturated heterocycles. The number of rotatable bonds is 6. The fourth-order valence-electron chi connectivity index (χ4n) is 1.92. The monoisotopic (exact) mass is 392 g/mol. The first kappa shape index (κ1) is 17.6. The van der Waals surface area contributed by atoms with E-state index in [1.165, 1.54) is 16.4 Å². The summed E-state index contributed by atoms with van der Waals surface area (Å²) in [4.78, 5) is 0. The molecule has 0 saturated carbocycles. The molecule has 0 aliphatic carbocycles. The molecule has 0 amide bonds. The molecule has 0 bridgehead atoms. The number of nitrogens with one attached hydrogen (secondary N) is 1. The van der Waals surface area contributed by atoms with Gasteiger partial charge in [-0.05, 0) is 23.8 Å². The van der Waals surface area contributed by atoms with Crippen molar-refractivity contribution in [2.45, 2.75) is 10.9 Å². The van der Waals surface area contributed by atoms with Gasteiger partial charge in [-0.15, -0.1) is 10.2 Å². The maximum absolute atomic E-state index is 6.06. The highest BCUT2D eigenvalue weighted by atomic mass is 35.5. The Morgan fingerprint density at radius 2 is 1.88 bits per heavy atom. The van der Waals surface area contributed by atoms with Crippen LogP contribution >= 0.6 is 35.0 Å². The van der Waals surface area contributed by atoms with Gasteiger partial charge in [0.1, 0.15) is 0 Å². The van der Waals surface area contributed by atoms with E-state index in [-0.39, 0.29) is 0 Å². The Balaban J connectivity index is 1.61. The molecule has 1 heterocycles. The predicted octanol–water partition coefficient (Wildman–Crippen LogP) is 4.04. The van der Waals surface area contributed by atoms with E-state index in [4.69, 9.17) is 29.0 Å². The summed E-state index contributed by atoms with van der Waals surface area (Å²) < 4.78 is 1.35. The molecule has 3 N–H and O–H groups in total. The molecular weight excluding hydrogens is 379 g/mol. The minimum absolute atomic E-state index is 0.335. The smallest absolute Gasteiger partial charge is 0.264 e. The van der Waals surface area contributed by atoms with E-state index in [1.807, 2.05) is 42.5 Å². The zero-order valence-electron chi connectivity index (χ0n) is 12.9. The molecule has 0 spiro atoms. The molecular formula is C16H14Cl2N6S. The van der Waals surface area contributed by atoms with Gasteiger partial charge in [-0.1, -0.05) is 65.3 Å². The lowest BCUT2D eigenvalue weighted by Gasteiger charge is -2.03. The number of thioether (sulfide) groups is 1. The average Bonchev–Trinajstić information content (AvgIpc) is 2.96. The fourth-order valence-corrected chi connectivity index (χ4v) is 3.04. The van der Waals surface area contributed by atoms with E-state index in [9.17, 15) is 0 Å². The van der Waals surface area contributed by atoms with Gasteiger partial charge in [0.2, 0.25) is 5.16 Å². The molecule has 3 aromatic rings. The van der Waals surface area contributed by atoms with E-state index < -0.39 is 0 Å². The Bertz CT molecular complexity index is 879. The van der Waals surface area contributed by atoms with Crippen LogP contribution in [-0.4, -0.2) is 21.1 Å². The molecule has 0 unspecified atom stereocenters. The second-order valence-electron chi connectivity index (χ2n) is 4.98. The molecule has 0 aliphatic rings. The van der Waals surface area contributed by atoms with Crippen LogP contribution in [0.1, 0.15) is 11.1 Å². The van der Waals surface area contributed by atoms with Crippen LogP contribution in [0, 0.1) is 0 Å². The Morgan fingerprint density at radius 1 is 1.12 bits per heavy atom. The van der Waals surface area contributed by atoms with Gasteiger partial charge in [0, 0.05) is 21.4 Å². The quantitative estimate of drug-likeness (QED) is 0.286. The van der Waals surface area contributed by atoms with Crippen LogP contribution in [0.2, 0.25) is 10.0 Å². The van der Waals surface area contributed by atoms with Crippen LogP contribution < -0.4 is 11.3 Å². The highest BCUT2D eigenvalue weighted by molar-refractivity contribution is 7.98. The number of anilines is 1. The van der Waals surface area contributed by atoms with Crippen molar-refractivity contribution < 1.29 is 0 Å². The highest BCUT2D eigenvalue weighted by Crippen LogP contribution is 2.22. The minimum atomic E-state index is 0.335. The van der Waals surface area contributed by atoms with Crippen molar-refractivity contribution in [1.29, 1.82) is 0 Å². The van der Waals surface area contributed by atoms with Crippen LogP contribution in [0.15, 0.2) is 58.8 Å². The molecule has 0 fully saturated rings. The van der Waals surface area contributed by atoms with Crippen LogP contribution in [0.4, 0.5) is 5.95 Å². The summed E-state index contributed by atoms with van der Waals surface area (Å²) in [6, 6.07) is 15.0. The molecule has 25 heavy (non-hydrogen) atoms. The lowest BCUT2D eigenvalue weighted by atomic mass is 10.2. The SMILES string of the molecule is Nn1c(N/N=C/c2ccccc2Cl)nnc1SCc1ccc(Cl)cc1. The van der Waals surface area contributed by atoms with Crippen LogP contribution in [0.5, 0.6) is 0 Å². The van der Waals surface area contributed by atoms with Crippen molar-refractivity contribution >= 4 is 47.1 Å². The number of halogens is 2. The standard InChI is InChI=1S/C16H14Cl2N6S/c17-13-7-5-11(6-8-13)10-25-16-23-22-15(24(16)19)21-20-9-12-3-1-2-4-14(12)18/h1-9H,10,19H2,(H,21,22)/b20-9+. The number of nitrogen functional groups attached to an aromatic ring is 1. The second kappa shape index (κ2) is 8.24. The van der Waals surface area contributed by atoms with Crippen LogP contribution in [0.3, 0.4) is 0 Å². The van der Waals surface area contributed by atoms with Crippen molar-refractivity contribution in [2.24, 2.45) is 5.10 Å². The number of benzene rings is 2. The van der Waals surface area contributed by atoms with Gasteiger partial charge < -0.3 is 5.84 Å². The zero-order chi connectivity index (χ0) is 17.6. The number of nitrogens with zero attached hydrogens (tertiary/aromatic N) is 4. The summed E-state index contributed by atoms with van der Waals surface area (Å²) >= 11 is 13.4. The largest absolute Gasteiger partial charge is 0.334 e. The molecule has 1 aromatic heterocycles. The van der Waals surface area contributed by atoms with Crippen molar-refractivity contribution in [3.63, 3.8) is 0 Å². The maximum Gasteiger partial charge on any atom is 0.264 e. The van der Waals surface area contributed by atoms with E-state index >= 15 is 0 Å². The average molecular weight is 393 g/mol. The number of hydrogen-bond acceptors (Lipinski definition) is 6. The molecule has 2 aromatic carbocycles. The Labute approximate surface area is 159 Å². The van der Waals surface area contributed by atoms with Crippen LogP contribution in [0.25, 0.3) is 0 Å². The van der Waals surface area contributed by atoms with E-state index in [1.54, 1.807) is 12.3 Å². The third kappa shape index (κ3) is 4.66. The maximum atomic E-state index is 6.06. The first-order chi connectivity index (χ1) is 12.1. The first-order valence-electron chi connectivity index (χ1n) is 7.25. The van der Waals surface area contributed by atoms with Gasteiger partial charge >= 0.3 is 0 Å². The number of hydrogen-bond donors (Lipinski definition) is 2. The van der Waals surface area contributed by atoms with E-state index in [2.05, 4.69) is 20.7 Å². The van der Waals surface area contributed by atoms with Crippen molar-refractivity contribution in [3.05, 3.63) is 69.7 Å². The van der Waals surface area contributed by atoms with Gasteiger partial charge in [0.05, 0.1) is 6.21 Å². The molecule has 0 aliphatic heterocycles. The second-order valence-corrected chi connectivity index (χ2v) is 6.77. The molecule has 9 heteroatoms. The number of aromatic nitrogens is 3. The van der Waals surface area contributed by atoms with Crippen molar-refractivity contribution in [2.75, 3.05) is 11.3 Å². The molecule has 0 radical (unpaired) electrons. The normalized spacial score (nSPS) is 11.1. The summed E-state index contributed by atoms with van der Waals surface area (Å²) in [6.07, 6.45) is 1.59. The summed E-state index contributed by atoms with van der Waals surface area (Å²) in [6.45, 7) is 0. The number of hydrazone groups is 1. The van der Waals surface area contributed by atoms with Gasteiger partial charge in [0.15, 0.2) is 0 Å². The summed E-state index contributed by atoms with van der Waals surface area (Å²) in [5.74, 6) is 7.03. The Morgan fingerprint density at radius 3 is 2.64 bits per heavy atom. The highest BCUT2D eigenvalue weighted by Gasteiger charge is 2.09. The molecule has 0 atom stereocenters. The van der Waals surface area contributed by atoms with Crippen molar-refractivity contribution in [3.8, 4) is 0 Å². The van der Waals surface area contributed by atoms with Gasteiger partial charge in [-0.3, -0.25) is 0 Å². The van der Waals surface area contributed by atoms with Crippen LogP contribution in [-0.2, 0) is 5.75 Å². The summed E-state index contributed by atoms with van der Waals surface area (Å²) in [5.41, 5.74) is 4.66. The third-order valence-corrected chi connectivity index (χ3v) is 4.83. The molecule has 6 nitrogen and oxygen atoms in total. The van der Waals surface area contributed by atoms with E-state index in [0.717, 1.165) is 11.1 Å².